The second kappa shape index (κ2) is 7.57. The van der Waals surface area contributed by atoms with E-state index in [1.807, 2.05) is 30.9 Å². The maximum atomic E-state index is 12.4. The molecule has 0 saturated carbocycles. The summed E-state index contributed by atoms with van der Waals surface area (Å²) in [5, 5.41) is 6.33. The van der Waals surface area contributed by atoms with Gasteiger partial charge in [0.05, 0.1) is 11.9 Å². The van der Waals surface area contributed by atoms with Gasteiger partial charge < -0.3 is 15.5 Å². The predicted octanol–water partition coefficient (Wildman–Crippen LogP) is 1.54. The number of hydrogen-bond acceptors (Lipinski definition) is 4. The Balaban J connectivity index is 1.49. The summed E-state index contributed by atoms with van der Waals surface area (Å²) in [6.45, 7) is 6.24. The topological polar surface area (TPSA) is 61.4 Å². The largest absolute Gasteiger partial charge is 0.352 e. The van der Waals surface area contributed by atoms with Crippen molar-refractivity contribution in [1.29, 1.82) is 0 Å². The highest BCUT2D eigenvalue weighted by molar-refractivity contribution is 7.99. The number of hydrogen-bond donors (Lipinski definition) is 2. The zero-order valence-electron chi connectivity index (χ0n) is 14.3. The zero-order valence-corrected chi connectivity index (χ0v) is 15.1. The van der Waals surface area contributed by atoms with Crippen molar-refractivity contribution in [3.63, 3.8) is 0 Å². The van der Waals surface area contributed by atoms with E-state index in [4.69, 9.17) is 0 Å². The van der Waals surface area contributed by atoms with Crippen LogP contribution in [0.15, 0.2) is 18.2 Å². The molecule has 2 aliphatic rings. The molecule has 0 aliphatic carbocycles. The molecule has 2 aliphatic heterocycles. The van der Waals surface area contributed by atoms with Crippen LogP contribution in [0.5, 0.6) is 0 Å². The Bertz CT molecular complexity index is 608. The summed E-state index contributed by atoms with van der Waals surface area (Å²) in [5.41, 5.74) is 2.90. The van der Waals surface area contributed by atoms with E-state index >= 15 is 0 Å². The van der Waals surface area contributed by atoms with Crippen molar-refractivity contribution in [3.05, 3.63) is 34.9 Å². The third kappa shape index (κ3) is 4.11. The van der Waals surface area contributed by atoms with E-state index in [0.29, 0.717) is 18.0 Å². The second-order valence-electron chi connectivity index (χ2n) is 6.79. The number of carbonyl (C=O) groups is 2. The summed E-state index contributed by atoms with van der Waals surface area (Å²) in [4.78, 5) is 26.6. The molecule has 6 heteroatoms. The molecule has 130 valence electrons. The van der Waals surface area contributed by atoms with E-state index in [1.54, 1.807) is 11.8 Å². The third-order valence-corrected chi connectivity index (χ3v) is 5.59. The number of carbonyl (C=O) groups excluding carboxylic acids is 2. The standard InChI is InChI=1S/C18H25N3O2S/c1-12-5-13(2)7-15(6-12)17(22)20-10-14-8-16(19-9-14)18(23)21-3-4-24-11-21/h5-7,14,16,19H,3-4,8-11H2,1-2H3,(H,20,22)/t14-,16-/m0/s1. The average molecular weight is 347 g/mol. The number of nitrogens with zero attached hydrogens (tertiary/aromatic N) is 1. The van der Waals surface area contributed by atoms with Crippen molar-refractivity contribution in [2.45, 2.75) is 26.3 Å². The summed E-state index contributed by atoms with van der Waals surface area (Å²) in [6.07, 6.45) is 0.799. The van der Waals surface area contributed by atoms with Gasteiger partial charge in [0.25, 0.3) is 5.91 Å². The highest BCUT2D eigenvalue weighted by Gasteiger charge is 2.33. The monoisotopic (exact) mass is 347 g/mol. The molecule has 0 spiro atoms. The van der Waals surface area contributed by atoms with Crippen LogP contribution in [0.25, 0.3) is 0 Å². The van der Waals surface area contributed by atoms with Gasteiger partial charge >= 0.3 is 0 Å². The highest BCUT2D eigenvalue weighted by atomic mass is 32.2. The molecule has 24 heavy (non-hydrogen) atoms. The summed E-state index contributed by atoms with van der Waals surface area (Å²) in [7, 11) is 0. The molecule has 5 nitrogen and oxygen atoms in total. The fraction of sp³-hybridized carbons (Fsp3) is 0.556. The van der Waals surface area contributed by atoms with Crippen molar-refractivity contribution in [3.8, 4) is 0 Å². The van der Waals surface area contributed by atoms with Gasteiger partial charge in [-0.2, -0.15) is 0 Å². The van der Waals surface area contributed by atoms with Crippen molar-refractivity contribution in [2.24, 2.45) is 5.92 Å². The van der Waals surface area contributed by atoms with Crippen LogP contribution in [0.2, 0.25) is 0 Å². The second-order valence-corrected chi connectivity index (χ2v) is 7.86. The first-order chi connectivity index (χ1) is 11.5. The Kier molecular flexibility index (Phi) is 5.46. The van der Waals surface area contributed by atoms with E-state index in [-0.39, 0.29) is 17.9 Å². The zero-order chi connectivity index (χ0) is 17.1. The lowest BCUT2D eigenvalue weighted by Crippen LogP contribution is -2.42. The van der Waals surface area contributed by atoms with Crippen LogP contribution in [-0.4, -0.2) is 54.0 Å². The molecule has 0 bridgehead atoms. The van der Waals surface area contributed by atoms with E-state index < -0.39 is 0 Å². The quantitative estimate of drug-likeness (QED) is 0.867. The number of rotatable bonds is 4. The lowest BCUT2D eigenvalue weighted by atomic mass is 10.0. The molecule has 0 unspecified atom stereocenters. The first-order valence-electron chi connectivity index (χ1n) is 8.49. The van der Waals surface area contributed by atoms with Crippen LogP contribution in [0, 0.1) is 19.8 Å². The molecule has 2 N–H and O–H groups in total. The van der Waals surface area contributed by atoms with Crippen molar-refractivity contribution >= 4 is 23.6 Å². The molecule has 2 fully saturated rings. The number of benzene rings is 1. The molecule has 1 aromatic rings. The Morgan fingerprint density at radius 3 is 2.71 bits per heavy atom. The van der Waals surface area contributed by atoms with E-state index in [9.17, 15) is 9.59 Å². The van der Waals surface area contributed by atoms with Gasteiger partial charge in [0.15, 0.2) is 0 Å². The molecule has 3 rings (SSSR count). The SMILES string of the molecule is Cc1cc(C)cc(C(=O)NC[C@@H]2CN[C@H](C(=O)N3CCSC3)C2)c1. The molecule has 2 atom stereocenters. The van der Waals surface area contributed by atoms with Gasteiger partial charge in [0, 0.05) is 31.0 Å². The molecular weight excluding hydrogens is 322 g/mol. The molecule has 0 aromatic heterocycles. The molecule has 1 aromatic carbocycles. The number of amides is 2. The predicted molar refractivity (Wildman–Crippen MR) is 97.2 cm³/mol. The van der Waals surface area contributed by atoms with Gasteiger partial charge in [-0.05, 0) is 38.3 Å². The van der Waals surface area contributed by atoms with E-state index in [0.717, 1.165) is 42.3 Å². The average Bonchev–Trinajstić information content (AvgIpc) is 3.22. The summed E-state index contributed by atoms with van der Waals surface area (Å²) < 4.78 is 0. The smallest absolute Gasteiger partial charge is 0.251 e. The van der Waals surface area contributed by atoms with Crippen molar-refractivity contribution in [1.82, 2.24) is 15.5 Å². The van der Waals surface area contributed by atoms with Crippen molar-refractivity contribution in [2.75, 3.05) is 31.3 Å². The van der Waals surface area contributed by atoms with Crippen LogP contribution >= 0.6 is 11.8 Å². The Morgan fingerprint density at radius 2 is 2.04 bits per heavy atom. The lowest BCUT2D eigenvalue weighted by Gasteiger charge is -2.19. The minimum atomic E-state index is -0.0909. The van der Waals surface area contributed by atoms with Gasteiger partial charge in [0.2, 0.25) is 5.91 Å². The first-order valence-corrected chi connectivity index (χ1v) is 9.65. The van der Waals surface area contributed by atoms with Crippen LogP contribution in [0.4, 0.5) is 0 Å². The number of thioether (sulfide) groups is 1. The maximum absolute atomic E-state index is 12.4. The molecule has 2 heterocycles. The summed E-state index contributed by atoms with van der Waals surface area (Å²) >= 11 is 1.80. The number of aryl methyl sites for hydroxylation is 2. The molecular formula is C18H25N3O2S. The molecule has 2 amide bonds. The third-order valence-electron chi connectivity index (χ3n) is 4.62. The molecule has 2 saturated heterocycles. The van der Waals surface area contributed by atoms with E-state index in [1.165, 1.54) is 0 Å². The van der Waals surface area contributed by atoms with Gasteiger partial charge in [0.1, 0.15) is 0 Å². The van der Waals surface area contributed by atoms with Crippen LogP contribution < -0.4 is 10.6 Å². The Morgan fingerprint density at radius 1 is 1.29 bits per heavy atom. The van der Waals surface area contributed by atoms with Gasteiger partial charge in [-0.25, -0.2) is 0 Å². The molecule has 0 radical (unpaired) electrons. The fourth-order valence-corrected chi connectivity index (χ4v) is 4.36. The van der Waals surface area contributed by atoms with Crippen LogP contribution in [0.3, 0.4) is 0 Å². The minimum Gasteiger partial charge on any atom is -0.352 e. The highest BCUT2D eigenvalue weighted by Crippen LogP contribution is 2.20. The van der Waals surface area contributed by atoms with Gasteiger partial charge in [-0.1, -0.05) is 17.2 Å². The van der Waals surface area contributed by atoms with Crippen LogP contribution in [-0.2, 0) is 4.79 Å². The minimum absolute atomic E-state index is 0.0347. The number of nitrogens with one attached hydrogen (secondary N) is 2. The van der Waals surface area contributed by atoms with E-state index in [2.05, 4.69) is 16.7 Å². The van der Waals surface area contributed by atoms with Crippen LogP contribution in [0.1, 0.15) is 27.9 Å². The first kappa shape index (κ1) is 17.3. The Hall–Kier alpha value is -1.53. The van der Waals surface area contributed by atoms with Gasteiger partial charge in [-0.15, -0.1) is 11.8 Å². The Labute approximate surface area is 147 Å². The van der Waals surface area contributed by atoms with Crippen molar-refractivity contribution < 1.29 is 9.59 Å². The summed E-state index contributed by atoms with van der Waals surface area (Å²) in [6, 6.07) is 5.79. The normalized spacial score (nSPS) is 23.5. The van der Waals surface area contributed by atoms with Gasteiger partial charge in [-0.3, -0.25) is 9.59 Å². The maximum Gasteiger partial charge on any atom is 0.251 e. The fourth-order valence-electron chi connectivity index (χ4n) is 3.41. The summed E-state index contributed by atoms with van der Waals surface area (Å²) in [5.74, 6) is 2.33. The lowest BCUT2D eigenvalue weighted by molar-refractivity contribution is -0.131.